The van der Waals surface area contributed by atoms with Gasteiger partial charge in [0.2, 0.25) is 5.95 Å². The van der Waals surface area contributed by atoms with Crippen molar-refractivity contribution in [3.8, 4) is 11.6 Å². The number of carbonyl (C=O) groups is 1. The Kier molecular flexibility index (Phi) is 5.09. The maximum Gasteiger partial charge on any atom is 0.263 e. The van der Waals surface area contributed by atoms with Gasteiger partial charge in [0.25, 0.3) is 11.5 Å². The lowest BCUT2D eigenvalue weighted by Gasteiger charge is -2.09. The fourth-order valence-corrected chi connectivity index (χ4v) is 3.58. The van der Waals surface area contributed by atoms with Gasteiger partial charge in [0.1, 0.15) is 17.0 Å². The van der Waals surface area contributed by atoms with Crippen LogP contribution in [-0.4, -0.2) is 35.4 Å². The summed E-state index contributed by atoms with van der Waals surface area (Å²) >= 11 is 3.34. The molecular weight excluding hydrogens is 493 g/mol. The van der Waals surface area contributed by atoms with E-state index in [0.717, 1.165) is 4.47 Å². The summed E-state index contributed by atoms with van der Waals surface area (Å²) in [6.45, 7) is 1.76. The molecule has 0 atom stereocenters. The Morgan fingerprint density at radius 3 is 2.55 bits per heavy atom. The number of H-pyrrole nitrogens is 1. The fraction of sp³-hybridized carbons (Fsp3) is 0.0455. The van der Waals surface area contributed by atoms with Crippen molar-refractivity contribution in [2.75, 3.05) is 5.32 Å². The SMILES string of the molecule is Cc1cc(NC(=O)c2ccc(Br)cc2)n(-c2nc3c(cnn3-c3ccc(F)cc3)c(=O)[nH]2)n1. The Morgan fingerprint density at radius 1 is 1.09 bits per heavy atom. The number of halogens is 2. The zero-order valence-corrected chi connectivity index (χ0v) is 18.7. The second-order valence-electron chi connectivity index (χ2n) is 7.20. The molecule has 0 aliphatic heterocycles. The molecule has 0 radical (unpaired) electrons. The van der Waals surface area contributed by atoms with E-state index in [0.29, 0.717) is 22.8 Å². The molecule has 5 rings (SSSR count). The Bertz CT molecular complexity index is 1550. The molecule has 0 unspecified atom stereocenters. The van der Waals surface area contributed by atoms with Gasteiger partial charge in [-0.2, -0.15) is 19.9 Å². The molecule has 33 heavy (non-hydrogen) atoms. The van der Waals surface area contributed by atoms with Crippen LogP contribution in [0.5, 0.6) is 0 Å². The van der Waals surface area contributed by atoms with Gasteiger partial charge in [0, 0.05) is 16.1 Å². The van der Waals surface area contributed by atoms with Crippen molar-refractivity contribution in [2.24, 2.45) is 0 Å². The number of fused-ring (bicyclic) bond motifs is 1. The summed E-state index contributed by atoms with van der Waals surface area (Å²) in [4.78, 5) is 32.6. The summed E-state index contributed by atoms with van der Waals surface area (Å²) in [5.74, 6) is -0.311. The number of carbonyl (C=O) groups excluding carboxylic acids is 1. The number of benzene rings is 2. The van der Waals surface area contributed by atoms with E-state index in [9.17, 15) is 14.0 Å². The van der Waals surface area contributed by atoms with Crippen LogP contribution >= 0.6 is 15.9 Å². The van der Waals surface area contributed by atoms with E-state index in [1.54, 1.807) is 37.3 Å². The van der Waals surface area contributed by atoms with E-state index in [-0.39, 0.29) is 28.7 Å². The first kappa shape index (κ1) is 20.8. The predicted octanol–water partition coefficient (Wildman–Crippen LogP) is 3.76. The van der Waals surface area contributed by atoms with E-state index in [1.807, 2.05) is 0 Å². The first-order valence-corrected chi connectivity index (χ1v) is 10.6. The first-order valence-electron chi connectivity index (χ1n) is 9.77. The van der Waals surface area contributed by atoms with Crippen molar-refractivity contribution in [3.05, 3.63) is 92.7 Å². The number of aromatic nitrogens is 6. The van der Waals surface area contributed by atoms with Crippen LogP contribution < -0.4 is 10.9 Å². The van der Waals surface area contributed by atoms with E-state index < -0.39 is 5.56 Å². The molecule has 3 heterocycles. The molecule has 0 aliphatic rings. The van der Waals surface area contributed by atoms with Crippen LogP contribution in [0.4, 0.5) is 10.2 Å². The summed E-state index contributed by atoms with van der Waals surface area (Å²) in [5, 5.41) is 11.6. The molecule has 1 amide bonds. The number of amides is 1. The first-order chi connectivity index (χ1) is 15.9. The second kappa shape index (κ2) is 8.10. The minimum absolute atomic E-state index is 0.0931. The minimum atomic E-state index is -0.429. The number of nitrogens with one attached hydrogen (secondary N) is 2. The zero-order valence-electron chi connectivity index (χ0n) is 17.1. The van der Waals surface area contributed by atoms with Crippen LogP contribution in [0.2, 0.25) is 0 Å². The molecule has 0 fully saturated rings. The number of hydrogen-bond acceptors (Lipinski definition) is 5. The third kappa shape index (κ3) is 3.94. The Balaban J connectivity index is 1.58. The molecule has 0 aliphatic carbocycles. The highest BCUT2D eigenvalue weighted by atomic mass is 79.9. The fourth-order valence-electron chi connectivity index (χ4n) is 3.32. The summed E-state index contributed by atoms with van der Waals surface area (Å²) < 4.78 is 17.0. The predicted molar refractivity (Wildman–Crippen MR) is 123 cm³/mol. The molecule has 2 N–H and O–H groups in total. The summed E-state index contributed by atoms with van der Waals surface area (Å²) in [7, 11) is 0. The van der Waals surface area contributed by atoms with Gasteiger partial charge in [-0.1, -0.05) is 15.9 Å². The summed E-state index contributed by atoms with van der Waals surface area (Å²) in [5.41, 5.74) is 1.43. The summed E-state index contributed by atoms with van der Waals surface area (Å²) in [6.07, 6.45) is 1.39. The van der Waals surface area contributed by atoms with E-state index in [2.05, 4.69) is 41.4 Å². The van der Waals surface area contributed by atoms with Crippen LogP contribution in [-0.2, 0) is 0 Å². The molecule has 164 valence electrons. The normalized spacial score (nSPS) is 11.1. The molecule has 0 saturated heterocycles. The number of anilines is 1. The second-order valence-corrected chi connectivity index (χ2v) is 8.12. The number of nitrogens with zero attached hydrogens (tertiary/aromatic N) is 5. The van der Waals surface area contributed by atoms with Gasteiger partial charge >= 0.3 is 0 Å². The zero-order chi connectivity index (χ0) is 23.1. The van der Waals surface area contributed by atoms with Crippen LogP contribution in [0.3, 0.4) is 0 Å². The number of rotatable bonds is 4. The highest BCUT2D eigenvalue weighted by Gasteiger charge is 2.17. The number of hydrogen-bond donors (Lipinski definition) is 2. The van der Waals surface area contributed by atoms with Gasteiger partial charge in [-0.25, -0.2) is 9.07 Å². The van der Waals surface area contributed by atoms with Gasteiger partial charge < -0.3 is 5.32 Å². The van der Waals surface area contributed by atoms with Crippen molar-refractivity contribution in [3.63, 3.8) is 0 Å². The molecule has 9 nitrogen and oxygen atoms in total. The maximum atomic E-state index is 13.3. The number of aromatic amines is 1. The average molecular weight is 508 g/mol. The molecule has 0 saturated carbocycles. The molecule has 2 aromatic carbocycles. The largest absolute Gasteiger partial charge is 0.306 e. The molecule has 0 bridgehead atoms. The molecule has 3 aromatic heterocycles. The highest BCUT2D eigenvalue weighted by Crippen LogP contribution is 2.19. The topological polar surface area (TPSA) is 110 Å². The van der Waals surface area contributed by atoms with Crippen LogP contribution in [0.25, 0.3) is 22.7 Å². The lowest BCUT2D eigenvalue weighted by molar-refractivity contribution is 0.102. The lowest BCUT2D eigenvalue weighted by Crippen LogP contribution is -2.19. The third-order valence-electron chi connectivity index (χ3n) is 4.88. The van der Waals surface area contributed by atoms with Gasteiger partial charge in [-0.3, -0.25) is 14.6 Å². The highest BCUT2D eigenvalue weighted by molar-refractivity contribution is 9.10. The van der Waals surface area contributed by atoms with Gasteiger partial charge in [0.05, 0.1) is 17.6 Å². The van der Waals surface area contributed by atoms with Crippen molar-refractivity contribution < 1.29 is 9.18 Å². The maximum absolute atomic E-state index is 13.3. The van der Waals surface area contributed by atoms with Crippen molar-refractivity contribution in [1.82, 2.24) is 29.5 Å². The van der Waals surface area contributed by atoms with Gasteiger partial charge in [0.15, 0.2) is 5.65 Å². The monoisotopic (exact) mass is 507 g/mol. The van der Waals surface area contributed by atoms with Crippen molar-refractivity contribution in [2.45, 2.75) is 6.92 Å². The van der Waals surface area contributed by atoms with E-state index in [1.165, 1.54) is 39.8 Å². The van der Waals surface area contributed by atoms with Crippen LogP contribution in [0.15, 0.2) is 70.1 Å². The summed E-state index contributed by atoms with van der Waals surface area (Å²) in [6, 6.07) is 14.2. The average Bonchev–Trinajstić information content (AvgIpc) is 3.38. The Morgan fingerprint density at radius 2 is 1.82 bits per heavy atom. The molecule has 0 spiro atoms. The molecular formula is C22H15BrFN7O2. The standard InChI is InChI=1S/C22H15BrFN7O2/c1-12-10-18(26-20(32)13-2-4-14(23)5-3-13)31(29-12)22-27-19-17(21(33)28-22)11-25-30(19)16-8-6-15(24)7-9-16/h2-11H,1H3,(H,26,32)(H,27,28,33). The smallest absolute Gasteiger partial charge is 0.263 e. The molecule has 5 aromatic rings. The Labute approximate surface area is 194 Å². The van der Waals surface area contributed by atoms with Crippen molar-refractivity contribution >= 4 is 38.7 Å². The van der Waals surface area contributed by atoms with E-state index >= 15 is 0 Å². The quantitative estimate of drug-likeness (QED) is 0.384. The number of aryl methyl sites for hydroxylation is 1. The molecule has 11 heteroatoms. The van der Waals surface area contributed by atoms with Gasteiger partial charge in [-0.15, -0.1) is 0 Å². The minimum Gasteiger partial charge on any atom is -0.306 e. The van der Waals surface area contributed by atoms with Crippen LogP contribution in [0.1, 0.15) is 16.1 Å². The van der Waals surface area contributed by atoms with Gasteiger partial charge in [-0.05, 0) is 55.5 Å². The Hall–Kier alpha value is -4.12. The van der Waals surface area contributed by atoms with Crippen molar-refractivity contribution in [1.29, 1.82) is 0 Å². The van der Waals surface area contributed by atoms with Crippen LogP contribution in [0, 0.1) is 12.7 Å². The third-order valence-corrected chi connectivity index (χ3v) is 5.41. The van der Waals surface area contributed by atoms with E-state index in [4.69, 9.17) is 0 Å². The lowest BCUT2D eigenvalue weighted by atomic mass is 10.2.